The first kappa shape index (κ1) is 11.8. The monoisotopic (exact) mass is 266 g/mol. The zero-order chi connectivity index (χ0) is 12.9. The van der Waals surface area contributed by atoms with E-state index in [1.807, 2.05) is 13.0 Å². The molecule has 1 heterocycles. The van der Waals surface area contributed by atoms with Gasteiger partial charge in [-0.2, -0.15) is 0 Å². The molecule has 1 N–H and O–H groups in total. The Balaban J connectivity index is 2.15. The Bertz CT molecular complexity index is 520. The number of benzene rings is 1. The highest BCUT2D eigenvalue weighted by Crippen LogP contribution is 2.50. The Hall–Kier alpha value is -1.22. The maximum absolute atomic E-state index is 11.6. The molecule has 1 aliphatic heterocycles. The van der Waals surface area contributed by atoms with Gasteiger partial charge in [0, 0.05) is 17.0 Å². The van der Waals surface area contributed by atoms with E-state index in [0.29, 0.717) is 17.9 Å². The molecule has 0 amide bonds. The van der Waals surface area contributed by atoms with Crippen molar-refractivity contribution in [3.05, 3.63) is 28.3 Å². The number of hydrogen-bond acceptors (Lipinski definition) is 2. The van der Waals surface area contributed by atoms with E-state index in [1.54, 1.807) is 6.07 Å². The Kier molecular flexibility index (Phi) is 2.56. The largest absolute Gasteiger partial charge is 0.490 e. The molecule has 4 heteroatoms. The molecule has 0 saturated heterocycles. The van der Waals surface area contributed by atoms with Crippen LogP contribution < -0.4 is 4.74 Å². The zero-order valence-electron chi connectivity index (χ0n) is 10.2. The number of aliphatic carboxylic acids is 1. The van der Waals surface area contributed by atoms with E-state index in [4.69, 9.17) is 16.3 Å². The number of carboxylic acid groups (broad SMARTS) is 1. The van der Waals surface area contributed by atoms with Gasteiger partial charge in [0.25, 0.3) is 0 Å². The molecule has 1 saturated carbocycles. The van der Waals surface area contributed by atoms with E-state index in [1.165, 1.54) is 0 Å². The van der Waals surface area contributed by atoms with Crippen LogP contribution in [0.25, 0.3) is 0 Å². The fourth-order valence-electron chi connectivity index (χ4n) is 2.98. The van der Waals surface area contributed by atoms with E-state index in [2.05, 4.69) is 0 Å². The SMILES string of the molecule is CC1Cc2cc(Cl)cc(C3(C(=O)O)CCC3)c2O1. The third-order valence-electron chi connectivity index (χ3n) is 4.09. The molecule has 1 fully saturated rings. The van der Waals surface area contributed by atoms with Crippen molar-refractivity contribution in [3.8, 4) is 5.75 Å². The van der Waals surface area contributed by atoms with Gasteiger partial charge >= 0.3 is 5.97 Å². The van der Waals surface area contributed by atoms with Crippen LogP contribution in [0.1, 0.15) is 37.3 Å². The average Bonchev–Trinajstić information content (AvgIpc) is 2.55. The van der Waals surface area contributed by atoms with Gasteiger partial charge in [0.1, 0.15) is 11.9 Å². The van der Waals surface area contributed by atoms with E-state index in [-0.39, 0.29) is 6.10 Å². The van der Waals surface area contributed by atoms with Crippen molar-refractivity contribution in [3.63, 3.8) is 0 Å². The molecule has 1 aromatic rings. The van der Waals surface area contributed by atoms with E-state index in [0.717, 1.165) is 29.7 Å². The molecule has 3 nitrogen and oxygen atoms in total. The zero-order valence-corrected chi connectivity index (χ0v) is 11.0. The number of fused-ring (bicyclic) bond motifs is 1. The molecule has 0 radical (unpaired) electrons. The first-order valence-corrected chi connectivity index (χ1v) is 6.64. The normalized spacial score (nSPS) is 24.0. The molecule has 0 spiro atoms. The molecule has 1 aromatic carbocycles. The summed E-state index contributed by atoms with van der Waals surface area (Å²) in [5.74, 6) is -0.00429. The topological polar surface area (TPSA) is 46.5 Å². The Morgan fingerprint density at radius 2 is 2.22 bits per heavy atom. The smallest absolute Gasteiger partial charge is 0.314 e. The van der Waals surface area contributed by atoms with Gasteiger partial charge in [0.15, 0.2) is 0 Å². The minimum atomic E-state index is -0.779. The van der Waals surface area contributed by atoms with Crippen molar-refractivity contribution >= 4 is 17.6 Å². The first-order chi connectivity index (χ1) is 8.53. The van der Waals surface area contributed by atoms with Crippen LogP contribution in [0.15, 0.2) is 12.1 Å². The quantitative estimate of drug-likeness (QED) is 0.894. The van der Waals surface area contributed by atoms with Gasteiger partial charge in [-0.25, -0.2) is 0 Å². The summed E-state index contributed by atoms with van der Waals surface area (Å²) in [5, 5.41) is 10.1. The molecule has 18 heavy (non-hydrogen) atoms. The highest BCUT2D eigenvalue weighted by molar-refractivity contribution is 6.30. The summed E-state index contributed by atoms with van der Waals surface area (Å²) in [6.07, 6.45) is 3.20. The fourth-order valence-corrected chi connectivity index (χ4v) is 3.22. The average molecular weight is 267 g/mol. The lowest BCUT2D eigenvalue weighted by atomic mass is 9.64. The minimum Gasteiger partial charge on any atom is -0.490 e. The maximum atomic E-state index is 11.6. The summed E-state index contributed by atoms with van der Waals surface area (Å²) >= 11 is 6.12. The van der Waals surface area contributed by atoms with Crippen LogP contribution in [0, 0.1) is 0 Å². The van der Waals surface area contributed by atoms with Crippen molar-refractivity contribution < 1.29 is 14.6 Å². The first-order valence-electron chi connectivity index (χ1n) is 6.26. The standard InChI is InChI=1S/C14H15ClO3/c1-8-5-9-6-10(15)7-11(12(9)18-8)14(13(16)17)3-2-4-14/h6-8H,2-5H2,1H3,(H,16,17). The highest BCUT2D eigenvalue weighted by Gasteiger charge is 2.49. The molecule has 1 aliphatic carbocycles. The fraction of sp³-hybridized carbons (Fsp3) is 0.500. The van der Waals surface area contributed by atoms with Crippen molar-refractivity contribution in [2.75, 3.05) is 0 Å². The van der Waals surface area contributed by atoms with Crippen LogP contribution in [-0.4, -0.2) is 17.2 Å². The highest BCUT2D eigenvalue weighted by atomic mass is 35.5. The molecule has 1 unspecified atom stereocenters. The molecule has 96 valence electrons. The van der Waals surface area contributed by atoms with Gasteiger partial charge in [0.2, 0.25) is 0 Å². The molecule has 0 aromatic heterocycles. The molecule has 2 aliphatic rings. The molecule has 1 atom stereocenters. The number of ether oxygens (including phenoxy) is 1. The Morgan fingerprint density at radius 3 is 2.78 bits per heavy atom. The number of carbonyl (C=O) groups is 1. The molecule has 0 bridgehead atoms. The van der Waals surface area contributed by atoms with E-state index >= 15 is 0 Å². The molecular formula is C14H15ClO3. The third-order valence-corrected chi connectivity index (χ3v) is 4.31. The second-order valence-corrected chi connectivity index (χ2v) is 5.75. The predicted molar refractivity (Wildman–Crippen MR) is 68.4 cm³/mol. The lowest BCUT2D eigenvalue weighted by Crippen LogP contribution is -2.42. The van der Waals surface area contributed by atoms with E-state index < -0.39 is 11.4 Å². The van der Waals surface area contributed by atoms with Crippen LogP contribution >= 0.6 is 11.6 Å². The summed E-state index contributed by atoms with van der Waals surface area (Å²) in [7, 11) is 0. The van der Waals surface area contributed by atoms with Gasteiger partial charge in [-0.15, -0.1) is 0 Å². The van der Waals surface area contributed by atoms with Crippen LogP contribution in [0.4, 0.5) is 0 Å². The van der Waals surface area contributed by atoms with Gasteiger partial charge in [-0.05, 0) is 37.5 Å². The van der Waals surface area contributed by atoms with Crippen LogP contribution in [0.3, 0.4) is 0 Å². The minimum absolute atomic E-state index is 0.100. The predicted octanol–water partition coefficient (Wildman–Crippen LogP) is 3.17. The summed E-state index contributed by atoms with van der Waals surface area (Å²) in [6, 6.07) is 3.66. The van der Waals surface area contributed by atoms with Gasteiger partial charge in [0.05, 0.1) is 5.41 Å². The summed E-state index contributed by atoms with van der Waals surface area (Å²) in [6.45, 7) is 1.99. The van der Waals surface area contributed by atoms with Crippen LogP contribution in [0.5, 0.6) is 5.75 Å². The lowest BCUT2D eigenvalue weighted by Gasteiger charge is -2.39. The number of hydrogen-bond donors (Lipinski definition) is 1. The van der Waals surface area contributed by atoms with Crippen molar-refractivity contribution in [2.24, 2.45) is 0 Å². The van der Waals surface area contributed by atoms with E-state index in [9.17, 15) is 9.90 Å². The molecule has 3 rings (SSSR count). The number of carboxylic acids is 1. The Morgan fingerprint density at radius 1 is 1.50 bits per heavy atom. The lowest BCUT2D eigenvalue weighted by molar-refractivity contribution is -0.147. The van der Waals surface area contributed by atoms with Gasteiger partial charge in [-0.1, -0.05) is 18.0 Å². The van der Waals surface area contributed by atoms with Gasteiger partial charge in [-0.3, -0.25) is 4.79 Å². The summed E-state index contributed by atoms with van der Waals surface area (Å²) in [4.78, 5) is 11.6. The van der Waals surface area contributed by atoms with Crippen molar-refractivity contribution in [1.29, 1.82) is 0 Å². The van der Waals surface area contributed by atoms with Crippen molar-refractivity contribution in [2.45, 2.75) is 44.1 Å². The Labute approximate surface area is 111 Å². The van der Waals surface area contributed by atoms with Crippen molar-refractivity contribution in [1.82, 2.24) is 0 Å². The number of halogens is 1. The maximum Gasteiger partial charge on any atom is 0.314 e. The molecular weight excluding hydrogens is 252 g/mol. The summed E-state index contributed by atoms with van der Waals surface area (Å²) < 4.78 is 5.80. The third kappa shape index (κ3) is 1.53. The van der Waals surface area contributed by atoms with Crippen LogP contribution in [0.2, 0.25) is 5.02 Å². The summed E-state index contributed by atoms with van der Waals surface area (Å²) in [5.41, 5.74) is 1.03. The number of rotatable bonds is 2. The second-order valence-electron chi connectivity index (χ2n) is 5.32. The second kappa shape index (κ2) is 3.89. The van der Waals surface area contributed by atoms with Gasteiger partial charge < -0.3 is 9.84 Å². The van der Waals surface area contributed by atoms with Crippen LogP contribution in [-0.2, 0) is 16.6 Å².